The number of hydrogen-bond acceptors (Lipinski definition) is 4. The van der Waals surface area contributed by atoms with Gasteiger partial charge in [0, 0.05) is 32.7 Å². The number of rotatable bonds is 8. The summed E-state index contributed by atoms with van der Waals surface area (Å²) >= 11 is 0. The van der Waals surface area contributed by atoms with E-state index in [1.165, 1.54) is 6.42 Å². The number of ether oxygens (including phenoxy) is 2. The second-order valence-corrected chi connectivity index (χ2v) is 5.22. The molecule has 0 aliphatic heterocycles. The van der Waals surface area contributed by atoms with Crippen molar-refractivity contribution >= 4 is 0 Å². The van der Waals surface area contributed by atoms with Gasteiger partial charge in [0.05, 0.1) is 0 Å². The third-order valence-corrected chi connectivity index (χ3v) is 3.66. The minimum Gasteiger partial charge on any atom is -0.356 e. The molecule has 0 spiro atoms. The molecule has 3 N–H and O–H groups in total. The van der Waals surface area contributed by atoms with Gasteiger partial charge in [-0.3, -0.25) is 0 Å². The van der Waals surface area contributed by atoms with Gasteiger partial charge in [0.15, 0.2) is 6.29 Å². The summed E-state index contributed by atoms with van der Waals surface area (Å²) in [6, 6.07) is 0. The second-order valence-electron chi connectivity index (χ2n) is 5.22. The fraction of sp³-hybridized carbons (Fsp3) is 1.00. The van der Waals surface area contributed by atoms with E-state index in [4.69, 9.17) is 15.2 Å². The zero-order valence-corrected chi connectivity index (χ0v) is 11.0. The van der Waals surface area contributed by atoms with Crippen molar-refractivity contribution in [3.05, 3.63) is 0 Å². The smallest absolute Gasteiger partial charge is 0.158 e. The molecular formula is C12H26N2O2. The molecule has 3 unspecified atom stereocenters. The van der Waals surface area contributed by atoms with Crippen LogP contribution in [0.5, 0.6) is 0 Å². The minimum absolute atomic E-state index is 0.0982. The predicted octanol–water partition coefficient (Wildman–Crippen LogP) is 0.958. The molecule has 1 aliphatic rings. The standard InChI is InChI=1S/C12H26N2O2/c1-9-5-10(9)7-14-12(2,8-13)6-11(15-3)16-4/h9-11,14H,5-8,13H2,1-4H3. The van der Waals surface area contributed by atoms with Crippen molar-refractivity contribution in [1.29, 1.82) is 0 Å². The average Bonchev–Trinajstić information content (AvgIpc) is 3.00. The van der Waals surface area contributed by atoms with Crippen LogP contribution in [0.25, 0.3) is 0 Å². The van der Waals surface area contributed by atoms with Crippen LogP contribution in [0, 0.1) is 11.8 Å². The van der Waals surface area contributed by atoms with Crippen LogP contribution in [0.4, 0.5) is 0 Å². The summed E-state index contributed by atoms with van der Waals surface area (Å²) < 4.78 is 10.4. The van der Waals surface area contributed by atoms with Gasteiger partial charge in [-0.15, -0.1) is 0 Å². The molecule has 0 saturated heterocycles. The first-order chi connectivity index (χ1) is 7.54. The maximum absolute atomic E-state index is 5.83. The molecule has 0 heterocycles. The molecule has 1 aliphatic carbocycles. The Morgan fingerprint density at radius 1 is 1.44 bits per heavy atom. The van der Waals surface area contributed by atoms with E-state index in [0.29, 0.717) is 6.54 Å². The van der Waals surface area contributed by atoms with Crippen LogP contribution in [0.3, 0.4) is 0 Å². The number of hydrogen-bond donors (Lipinski definition) is 2. The molecule has 0 amide bonds. The lowest BCUT2D eigenvalue weighted by Gasteiger charge is -2.32. The Morgan fingerprint density at radius 3 is 2.38 bits per heavy atom. The van der Waals surface area contributed by atoms with Crippen LogP contribution in [-0.2, 0) is 9.47 Å². The van der Waals surface area contributed by atoms with Crippen LogP contribution >= 0.6 is 0 Å². The van der Waals surface area contributed by atoms with Gasteiger partial charge in [0.2, 0.25) is 0 Å². The Labute approximate surface area is 98.9 Å². The molecule has 0 bridgehead atoms. The van der Waals surface area contributed by atoms with Crippen molar-refractivity contribution in [2.75, 3.05) is 27.3 Å². The summed E-state index contributed by atoms with van der Waals surface area (Å²) in [6.45, 7) is 6.07. The lowest BCUT2D eigenvalue weighted by molar-refractivity contribution is -0.117. The molecule has 4 heteroatoms. The van der Waals surface area contributed by atoms with Crippen molar-refractivity contribution in [2.45, 2.75) is 38.5 Å². The highest BCUT2D eigenvalue weighted by molar-refractivity contribution is 4.91. The molecule has 0 aromatic heterocycles. The first kappa shape index (κ1) is 13.9. The van der Waals surface area contributed by atoms with E-state index in [9.17, 15) is 0 Å². The Kier molecular flexibility index (Phi) is 5.18. The SMILES string of the molecule is COC(CC(C)(CN)NCC1CC1C)OC. The van der Waals surface area contributed by atoms with Crippen LogP contribution in [0.15, 0.2) is 0 Å². The maximum atomic E-state index is 5.83. The van der Waals surface area contributed by atoms with Crippen LogP contribution in [0.2, 0.25) is 0 Å². The van der Waals surface area contributed by atoms with Crippen molar-refractivity contribution in [2.24, 2.45) is 17.6 Å². The van der Waals surface area contributed by atoms with Gasteiger partial charge in [-0.2, -0.15) is 0 Å². The quantitative estimate of drug-likeness (QED) is 0.610. The highest BCUT2D eigenvalue weighted by Crippen LogP contribution is 2.37. The third kappa shape index (κ3) is 4.01. The summed E-state index contributed by atoms with van der Waals surface area (Å²) in [5.41, 5.74) is 5.73. The largest absolute Gasteiger partial charge is 0.356 e. The van der Waals surface area contributed by atoms with Gasteiger partial charge in [0.1, 0.15) is 0 Å². The van der Waals surface area contributed by atoms with E-state index in [1.807, 2.05) is 0 Å². The molecule has 1 saturated carbocycles. The highest BCUT2D eigenvalue weighted by atomic mass is 16.7. The second kappa shape index (κ2) is 5.96. The van der Waals surface area contributed by atoms with E-state index in [-0.39, 0.29) is 11.8 Å². The first-order valence-corrected chi connectivity index (χ1v) is 6.05. The van der Waals surface area contributed by atoms with Gasteiger partial charge in [-0.25, -0.2) is 0 Å². The predicted molar refractivity (Wildman–Crippen MR) is 65.2 cm³/mol. The van der Waals surface area contributed by atoms with Crippen molar-refractivity contribution in [3.63, 3.8) is 0 Å². The van der Waals surface area contributed by atoms with E-state index >= 15 is 0 Å². The fourth-order valence-electron chi connectivity index (χ4n) is 1.92. The molecule has 1 fully saturated rings. The minimum atomic E-state index is -0.183. The topological polar surface area (TPSA) is 56.5 Å². The number of nitrogens with one attached hydrogen (secondary N) is 1. The van der Waals surface area contributed by atoms with Crippen molar-refractivity contribution in [3.8, 4) is 0 Å². The van der Waals surface area contributed by atoms with Crippen LogP contribution < -0.4 is 11.1 Å². The Bertz CT molecular complexity index is 209. The molecule has 1 rings (SSSR count). The summed E-state index contributed by atoms with van der Waals surface area (Å²) in [5, 5.41) is 3.55. The summed E-state index contributed by atoms with van der Waals surface area (Å²) in [6.07, 6.45) is 1.93. The Morgan fingerprint density at radius 2 is 2.00 bits per heavy atom. The Hall–Kier alpha value is -0.160. The molecule has 0 radical (unpaired) electrons. The van der Waals surface area contributed by atoms with Crippen LogP contribution in [-0.4, -0.2) is 39.1 Å². The van der Waals surface area contributed by atoms with Crippen LogP contribution in [0.1, 0.15) is 26.7 Å². The monoisotopic (exact) mass is 230 g/mol. The normalized spacial score (nSPS) is 28.1. The average molecular weight is 230 g/mol. The Balaban J connectivity index is 2.35. The van der Waals surface area contributed by atoms with E-state index < -0.39 is 0 Å². The third-order valence-electron chi connectivity index (χ3n) is 3.66. The number of nitrogens with two attached hydrogens (primary N) is 1. The van der Waals surface area contributed by atoms with Crippen molar-refractivity contribution < 1.29 is 9.47 Å². The zero-order chi connectivity index (χ0) is 12.2. The van der Waals surface area contributed by atoms with E-state index in [1.54, 1.807) is 14.2 Å². The van der Waals surface area contributed by atoms with Gasteiger partial charge < -0.3 is 20.5 Å². The lowest BCUT2D eigenvalue weighted by Crippen LogP contribution is -2.51. The van der Waals surface area contributed by atoms with Gasteiger partial charge in [-0.05, 0) is 31.7 Å². The molecule has 96 valence electrons. The van der Waals surface area contributed by atoms with Gasteiger partial charge in [0.25, 0.3) is 0 Å². The summed E-state index contributed by atoms with van der Waals surface area (Å²) in [7, 11) is 3.32. The summed E-state index contributed by atoms with van der Waals surface area (Å²) in [5.74, 6) is 1.70. The van der Waals surface area contributed by atoms with Crippen molar-refractivity contribution in [1.82, 2.24) is 5.32 Å². The van der Waals surface area contributed by atoms with Gasteiger partial charge in [-0.1, -0.05) is 6.92 Å². The molecule has 4 nitrogen and oxygen atoms in total. The molecule has 16 heavy (non-hydrogen) atoms. The molecule has 0 aromatic rings. The first-order valence-electron chi connectivity index (χ1n) is 6.05. The summed E-state index contributed by atoms with van der Waals surface area (Å²) in [4.78, 5) is 0. The van der Waals surface area contributed by atoms with Gasteiger partial charge >= 0.3 is 0 Å². The fourth-order valence-corrected chi connectivity index (χ4v) is 1.92. The molecular weight excluding hydrogens is 204 g/mol. The molecule has 3 atom stereocenters. The van der Waals surface area contributed by atoms with E-state index in [0.717, 1.165) is 24.8 Å². The maximum Gasteiger partial charge on any atom is 0.158 e. The molecule has 0 aromatic carbocycles. The zero-order valence-electron chi connectivity index (χ0n) is 11.0. The number of methoxy groups -OCH3 is 2. The highest BCUT2D eigenvalue weighted by Gasteiger charge is 2.35. The lowest BCUT2D eigenvalue weighted by atomic mass is 9.97. The van der Waals surface area contributed by atoms with E-state index in [2.05, 4.69) is 19.2 Å².